The van der Waals surface area contributed by atoms with E-state index in [1.54, 1.807) is 0 Å². The zero-order valence-electron chi connectivity index (χ0n) is 13.4. The molecule has 0 aliphatic carbocycles. The van der Waals surface area contributed by atoms with Crippen molar-refractivity contribution in [2.75, 3.05) is 6.54 Å². The highest BCUT2D eigenvalue weighted by molar-refractivity contribution is 5.79. The van der Waals surface area contributed by atoms with Crippen LogP contribution in [0.5, 0.6) is 0 Å². The first-order valence-corrected chi connectivity index (χ1v) is 7.92. The highest BCUT2D eigenvalue weighted by Crippen LogP contribution is 2.28. The van der Waals surface area contributed by atoms with Crippen LogP contribution in [-0.4, -0.2) is 28.6 Å². The number of hydrogen-bond donors (Lipinski definition) is 1. The molecule has 1 saturated heterocycles. The maximum atomic E-state index is 11.3. The molecule has 1 fully saturated rings. The van der Waals surface area contributed by atoms with Crippen LogP contribution in [0.4, 0.5) is 0 Å². The average Bonchev–Trinajstić information content (AvgIpc) is 2.82. The van der Waals surface area contributed by atoms with E-state index < -0.39 is 5.97 Å². The van der Waals surface area contributed by atoms with Gasteiger partial charge in [0.1, 0.15) is 11.3 Å². The van der Waals surface area contributed by atoms with Crippen LogP contribution in [0, 0.1) is 19.8 Å². The standard InChI is InChI=1S/C18H23NO3/c1-11-7-14-9-15(22-17(14)8-12(11)2)10-19-6-4-5-16(13(19)3)18(20)21/h7-9,13,16H,4-6,10H2,1-3H3,(H,20,21)/t13-,16-/m1/s1. The van der Waals surface area contributed by atoms with E-state index in [-0.39, 0.29) is 12.0 Å². The second-order valence-corrected chi connectivity index (χ2v) is 6.49. The van der Waals surface area contributed by atoms with Crippen molar-refractivity contribution >= 4 is 16.9 Å². The van der Waals surface area contributed by atoms with Crippen LogP contribution >= 0.6 is 0 Å². The number of piperidine rings is 1. The first-order valence-electron chi connectivity index (χ1n) is 7.92. The molecule has 1 aliphatic rings. The van der Waals surface area contributed by atoms with E-state index in [2.05, 4.69) is 36.9 Å². The fourth-order valence-electron chi connectivity index (χ4n) is 3.40. The van der Waals surface area contributed by atoms with Gasteiger partial charge in [0.05, 0.1) is 12.5 Å². The summed E-state index contributed by atoms with van der Waals surface area (Å²) < 4.78 is 5.96. The normalized spacial score (nSPS) is 23.0. The summed E-state index contributed by atoms with van der Waals surface area (Å²) in [5, 5.41) is 10.4. The van der Waals surface area contributed by atoms with Crippen LogP contribution in [0.15, 0.2) is 22.6 Å². The van der Waals surface area contributed by atoms with Gasteiger partial charge in [-0.2, -0.15) is 0 Å². The maximum absolute atomic E-state index is 11.3. The molecule has 0 saturated carbocycles. The molecule has 2 atom stereocenters. The van der Waals surface area contributed by atoms with Gasteiger partial charge >= 0.3 is 5.97 Å². The minimum atomic E-state index is -0.687. The zero-order chi connectivity index (χ0) is 15.9. The number of carbonyl (C=O) groups is 1. The minimum absolute atomic E-state index is 0.0444. The van der Waals surface area contributed by atoms with Gasteiger partial charge in [-0.25, -0.2) is 0 Å². The number of hydrogen-bond acceptors (Lipinski definition) is 3. The third kappa shape index (κ3) is 2.75. The molecule has 2 heterocycles. The number of furan rings is 1. The number of aliphatic carboxylic acids is 1. The highest BCUT2D eigenvalue weighted by atomic mass is 16.4. The van der Waals surface area contributed by atoms with Crippen molar-refractivity contribution in [1.29, 1.82) is 0 Å². The first-order chi connectivity index (χ1) is 10.5. The van der Waals surface area contributed by atoms with Crippen LogP contribution in [-0.2, 0) is 11.3 Å². The van der Waals surface area contributed by atoms with E-state index in [1.165, 1.54) is 11.1 Å². The van der Waals surface area contributed by atoms with Gasteiger partial charge in [-0.3, -0.25) is 9.69 Å². The molecular formula is C18H23NO3. The van der Waals surface area contributed by atoms with Gasteiger partial charge in [0.25, 0.3) is 0 Å². The minimum Gasteiger partial charge on any atom is -0.481 e. The monoisotopic (exact) mass is 301 g/mol. The Morgan fingerprint density at radius 1 is 1.32 bits per heavy atom. The van der Waals surface area contributed by atoms with Gasteiger partial charge in [0.2, 0.25) is 0 Å². The molecule has 22 heavy (non-hydrogen) atoms. The Labute approximate surface area is 130 Å². The fourth-order valence-corrected chi connectivity index (χ4v) is 3.40. The third-order valence-corrected chi connectivity index (χ3v) is 4.98. The lowest BCUT2D eigenvalue weighted by atomic mass is 9.90. The Morgan fingerprint density at radius 2 is 2.05 bits per heavy atom. The summed E-state index contributed by atoms with van der Waals surface area (Å²) in [5.41, 5.74) is 3.40. The van der Waals surface area contributed by atoms with Gasteiger partial charge in [-0.15, -0.1) is 0 Å². The number of benzene rings is 1. The number of rotatable bonds is 3. The Morgan fingerprint density at radius 3 is 2.77 bits per heavy atom. The third-order valence-electron chi connectivity index (χ3n) is 4.98. The van der Waals surface area contributed by atoms with Crippen molar-refractivity contribution in [3.05, 3.63) is 35.1 Å². The molecule has 4 heteroatoms. The topological polar surface area (TPSA) is 53.7 Å². The Balaban J connectivity index is 1.82. The number of likely N-dealkylation sites (tertiary alicyclic amines) is 1. The molecule has 4 nitrogen and oxygen atoms in total. The average molecular weight is 301 g/mol. The van der Waals surface area contributed by atoms with Crippen LogP contribution < -0.4 is 0 Å². The smallest absolute Gasteiger partial charge is 0.308 e. The molecule has 1 aromatic heterocycles. The van der Waals surface area contributed by atoms with Crippen molar-refractivity contribution in [2.45, 2.75) is 46.2 Å². The number of aryl methyl sites for hydroxylation is 2. The van der Waals surface area contributed by atoms with Crippen LogP contribution in [0.3, 0.4) is 0 Å². The van der Waals surface area contributed by atoms with Crippen LogP contribution in [0.2, 0.25) is 0 Å². The van der Waals surface area contributed by atoms with Crippen molar-refractivity contribution in [2.24, 2.45) is 5.92 Å². The molecule has 0 unspecified atom stereocenters. The first kappa shape index (κ1) is 15.1. The van der Waals surface area contributed by atoms with E-state index in [9.17, 15) is 9.90 Å². The SMILES string of the molecule is Cc1cc2cc(CN3CCC[C@@H](C(=O)O)[C@H]3C)oc2cc1C. The summed E-state index contributed by atoms with van der Waals surface area (Å²) in [6.07, 6.45) is 1.70. The molecule has 118 valence electrons. The summed E-state index contributed by atoms with van der Waals surface area (Å²) in [5.74, 6) is -0.0476. The second-order valence-electron chi connectivity index (χ2n) is 6.49. The summed E-state index contributed by atoms with van der Waals surface area (Å²) in [7, 11) is 0. The molecule has 1 N–H and O–H groups in total. The number of carboxylic acids is 1. The summed E-state index contributed by atoms with van der Waals surface area (Å²) in [6.45, 7) is 7.80. The van der Waals surface area contributed by atoms with Crippen molar-refractivity contribution in [3.8, 4) is 0 Å². The largest absolute Gasteiger partial charge is 0.481 e. The lowest BCUT2D eigenvalue weighted by Gasteiger charge is -2.36. The molecule has 0 spiro atoms. The van der Waals surface area contributed by atoms with Crippen LogP contribution in [0.25, 0.3) is 11.0 Å². The predicted octanol–water partition coefficient (Wildman–Crippen LogP) is 3.73. The van der Waals surface area contributed by atoms with E-state index >= 15 is 0 Å². The molecule has 0 bridgehead atoms. The second kappa shape index (κ2) is 5.76. The lowest BCUT2D eigenvalue weighted by molar-refractivity contribution is -0.145. The van der Waals surface area contributed by atoms with Crippen LogP contribution in [0.1, 0.15) is 36.7 Å². The van der Waals surface area contributed by atoms with Gasteiger partial charge < -0.3 is 9.52 Å². The Hall–Kier alpha value is -1.81. The van der Waals surface area contributed by atoms with Gasteiger partial charge in [-0.1, -0.05) is 0 Å². The number of carboxylic acid groups (broad SMARTS) is 1. The molecule has 0 amide bonds. The Kier molecular flexibility index (Phi) is 3.96. The van der Waals surface area contributed by atoms with Gasteiger partial charge in [0.15, 0.2) is 0 Å². The summed E-state index contributed by atoms with van der Waals surface area (Å²) in [4.78, 5) is 13.6. The predicted molar refractivity (Wildman–Crippen MR) is 85.9 cm³/mol. The van der Waals surface area contributed by atoms with Crippen molar-refractivity contribution in [1.82, 2.24) is 4.90 Å². The lowest BCUT2D eigenvalue weighted by Crippen LogP contribution is -2.45. The number of nitrogens with zero attached hydrogens (tertiary/aromatic N) is 1. The molecule has 1 aromatic carbocycles. The summed E-state index contributed by atoms with van der Waals surface area (Å²) >= 11 is 0. The molecule has 3 rings (SSSR count). The molecule has 2 aromatic rings. The molecule has 0 radical (unpaired) electrons. The summed E-state index contributed by atoms with van der Waals surface area (Å²) in [6, 6.07) is 6.35. The Bertz CT molecular complexity index is 665. The number of fused-ring (bicyclic) bond motifs is 1. The highest BCUT2D eigenvalue weighted by Gasteiger charge is 2.33. The van der Waals surface area contributed by atoms with E-state index in [0.717, 1.165) is 36.1 Å². The van der Waals surface area contributed by atoms with E-state index in [0.29, 0.717) is 6.54 Å². The van der Waals surface area contributed by atoms with E-state index in [4.69, 9.17) is 4.42 Å². The van der Waals surface area contributed by atoms with E-state index in [1.807, 2.05) is 6.92 Å². The molecular weight excluding hydrogens is 278 g/mol. The van der Waals surface area contributed by atoms with Crippen molar-refractivity contribution in [3.63, 3.8) is 0 Å². The maximum Gasteiger partial charge on any atom is 0.308 e. The van der Waals surface area contributed by atoms with Gasteiger partial charge in [-0.05, 0) is 69.5 Å². The quantitative estimate of drug-likeness (QED) is 0.938. The molecule has 1 aliphatic heterocycles. The van der Waals surface area contributed by atoms with Gasteiger partial charge in [0, 0.05) is 11.4 Å². The van der Waals surface area contributed by atoms with Crippen molar-refractivity contribution < 1.29 is 14.3 Å². The zero-order valence-corrected chi connectivity index (χ0v) is 13.4. The fraction of sp³-hybridized carbons (Fsp3) is 0.500.